The van der Waals surface area contributed by atoms with E-state index in [9.17, 15) is 0 Å². The second-order valence-electron chi connectivity index (χ2n) is 1.45. The van der Waals surface area contributed by atoms with Gasteiger partial charge in [0.1, 0.15) is 12.0 Å². The van der Waals surface area contributed by atoms with Crippen molar-refractivity contribution < 1.29 is 0 Å². The molecule has 0 aromatic carbocycles. The Morgan fingerprint density at radius 2 is 2.50 bits per heavy atom. The van der Waals surface area contributed by atoms with Crippen LogP contribution >= 0.6 is 10.8 Å². The van der Waals surface area contributed by atoms with Crippen molar-refractivity contribution >= 4 is 20.7 Å². The highest BCUT2D eigenvalue weighted by Gasteiger charge is 2.19. The molecule has 1 saturated heterocycles. The summed E-state index contributed by atoms with van der Waals surface area (Å²) >= 11 is 0. The van der Waals surface area contributed by atoms with Crippen LogP contribution in [0.25, 0.3) is 0 Å². The molecule has 1 rings (SSSR count). The predicted molar refractivity (Wildman–Crippen MR) is 35.2 cm³/mol. The Morgan fingerprint density at radius 1 is 1.67 bits per heavy atom. The first kappa shape index (κ1) is 4.85. The van der Waals surface area contributed by atoms with Crippen molar-refractivity contribution in [2.45, 2.75) is 6.42 Å². The zero-order valence-corrected chi connectivity index (χ0v) is 5.57. The van der Waals surface area contributed by atoms with Crippen LogP contribution in [0.4, 0.5) is 0 Å². The van der Waals surface area contributed by atoms with Crippen molar-refractivity contribution in [2.75, 3.05) is 17.8 Å². The van der Waals surface area contributed by atoms with Crippen LogP contribution in [0, 0.1) is 0 Å². The molecule has 6 heavy (non-hydrogen) atoms. The summed E-state index contributed by atoms with van der Waals surface area (Å²) in [6.45, 7) is 0. The van der Waals surface area contributed by atoms with Crippen molar-refractivity contribution in [2.24, 2.45) is 0 Å². The lowest BCUT2D eigenvalue weighted by molar-refractivity contribution is 1.14. The summed E-state index contributed by atoms with van der Waals surface area (Å²) < 4.78 is 0. The molecule has 36 valence electrons. The van der Waals surface area contributed by atoms with Crippen molar-refractivity contribution in [3.63, 3.8) is 0 Å². The van der Waals surface area contributed by atoms with Gasteiger partial charge in [0.2, 0.25) is 0 Å². The molecule has 0 amide bonds. The van der Waals surface area contributed by atoms with E-state index < -0.39 is 0 Å². The highest BCUT2D eigenvalue weighted by atomic mass is 33.1. The summed E-state index contributed by atoms with van der Waals surface area (Å²) in [5, 5.41) is 0. The maximum Gasteiger partial charge on any atom is 0.120 e. The molecular formula is C4H9S2+. The summed E-state index contributed by atoms with van der Waals surface area (Å²) in [4.78, 5) is 0. The summed E-state index contributed by atoms with van der Waals surface area (Å²) in [5.41, 5.74) is 0. The van der Waals surface area contributed by atoms with Gasteiger partial charge in [-0.3, -0.25) is 0 Å². The second kappa shape index (κ2) is 2.12. The van der Waals surface area contributed by atoms with Crippen LogP contribution in [0.2, 0.25) is 0 Å². The summed E-state index contributed by atoms with van der Waals surface area (Å²) in [6, 6.07) is 0. The van der Waals surface area contributed by atoms with Gasteiger partial charge in [0.15, 0.2) is 0 Å². The first-order valence-corrected chi connectivity index (χ1v) is 5.46. The molecule has 1 heterocycles. The van der Waals surface area contributed by atoms with E-state index in [2.05, 4.69) is 17.0 Å². The molecule has 0 aromatic heterocycles. The van der Waals surface area contributed by atoms with Crippen molar-refractivity contribution in [3.8, 4) is 0 Å². The van der Waals surface area contributed by atoms with Gasteiger partial charge in [-0.1, -0.05) is 0 Å². The number of rotatable bonds is 0. The number of hydrogen-bond acceptors (Lipinski definition) is 1. The number of hydrogen-bond donors (Lipinski definition) is 0. The molecule has 0 nitrogen and oxygen atoms in total. The van der Waals surface area contributed by atoms with Gasteiger partial charge in [-0.15, -0.1) is 0 Å². The van der Waals surface area contributed by atoms with E-state index in [0.717, 1.165) is 9.93 Å². The normalized spacial score (nSPS) is 34.5. The Kier molecular flexibility index (Phi) is 1.72. The van der Waals surface area contributed by atoms with E-state index in [-0.39, 0.29) is 0 Å². The molecule has 0 radical (unpaired) electrons. The van der Waals surface area contributed by atoms with Gasteiger partial charge in [-0.2, -0.15) is 0 Å². The fourth-order valence-corrected chi connectivity index (χ4v) is 3.83. The van der Waals surface area contributed by atoms with Crippen molar-refractivity contribution in [1.29, 1.82) is 0 Å². The van der Waals surface area contributed by atoms with Crippen LogP contribution in [0.3, 0.4) is 0 Å². The minimum Gasteiger partial charge on any atom is 0.00662 e. The van der Waals surface area contributed by atoms with Crippen molar-refractivity contribution in [3.05, 3.63) is 0 Å². The minimum absolute atomic E-state index is 0.744. The highest BCUT2D eigenvalue weighted by Crippen LogP contribution is 2.22. The van der Waals surface area contributed by atoms with Crippen LogP contribution < -0.4 is 0 Å². The lowest BCUT2D eigenvalue weighted by atomic mass is 10.6. The fourth-order valence-electron chi connectivity index (χ4n) is 0.522. The fraction of sp³-hybridized carbons (Fsp3) is 1.00. The first-order chi connectivity index (χ1) is 2.89. The average molecular weight is 121 g/mol. The quantitative estimate of drug-likeness (QED) is 0.344. The van der Waals surface area contributed by atoms with Crippen LogP contribution in [-0.2, 0) is 9.93 Å². The molecule has 0 N–H and O–H groups in total. The van der Waals surface area contributed by atoms with Gasteiger partial charge in [-0.05, 0) is 0 Å². The molecule has 1 atom stereocenters. The van der Waals surface area contributed by atoms with E-state index in [4.69, 9.17) is 0 Å². The van der Waals surface area contributed by atoms with Crippen LogP contribution in [0.15, 0.2) is 0 Å². The predicted octanol–water partition coefficient (Wildman–Crippen LogP) is 1.29. The lowest BCUT2D eigenvalue weighted by Crippen LogP contribution is -1.86. The first-order valence-electron chi connectivity index (χ1n) is 2.15. The maximum absolute atomic E-state index is 2.33. The van der Waals surface area contributed by atoms with E-state index >= 15 is 0 Å². The highest BCUT2D eigenvalue weighted by molar-refractivity contribution is 8.74. The second-order valence-corrected chi connectivity index (χ2v) is 6.07. The van der Waals surface area contributed by atoms with Crippen molar-refractivity contribution in [1.82, 2.24) is 0 Å². The molecule has 0 bridgehead atoms. The summed E-state index contributed by atoms with van der Waals surface area (Å²) in [7, 11) is 2.87. The third-order valence-electron chi connectivity index (χ3n) is 0.861. The molecule has 0 saturated carbocycles. The minimum atomic E-state index is 0.744. The molecule has 1 aliphatic heterocycles. The molecule has 0 aromatic rings. The topological polar surface area (TPSA) is 0 Å². The van der Waals surface area contributed by atoms with Crippen LogP contribution in [0.5, 0.6) is 0 Å². The van der Waals surface area contributed by atoms with E-state index in [1.54, 1.807) is 0 Å². The monoisotopic (exact) mass is 121 g/mol. The van der Waals surface area contributed by atoms with E-state index in [0.29, 0.717) is 0 Å². The Balaban J connectivity index is 2.18. The van der Waals surface area contributed by atoms with Gasteiger partial charge in [0.25, 0.3) is 0 Å². The Morgan fingerprint density at radius 3 is 2.67 bits per heavy atom. The molecule has 2 heteroatoms. The SMILES string of the molecule is C[S+]1CCCS1. The molecule has 1 aliphatic rings. The maximum atomic E-state index is 2.33. The van der Waals surface area contributed by atoms with Gasteiger partial charge >= 0.3 is 0 Å². The zero-order valence-electron chi connectivity index (χ0n) is 3.94. The van der Waals surface area contributed by atoms with Gasteiger partial charge < -0.3 is 0 Å². The van der Waals surface area contributed by atoms with E-state index in [1.165, 1.54) is 17.9 Å². The Hall–Kier alpha value is 0.700. The molecule has 1 unspecified atom stereocenters. The molecular weight excluding hydrogens is 112 g/mol. The largest absolute Gasteiger partial charge is 0.120 e. The zero-order chi connectivity index (χ0) is 4.41. The Bertz CT molecular complexity index is 38.8. The van der Waals surface area contributed by atoms with E-state index in [1.807, 2.05) is 0 Å². The molecule has 0 spiro atoms. The van der Waals surface area contributed by atoms with Gasteiger partial charge in [0.05, 0.1) is 20.7 Å². The summed E-state index contributed by atoms with van der Waals surface area (Å²) in [5.74, 6) is 2.89. The van der Waals surface area contributed by atoms with Gasteiger partial charge in [-0.25, -0.2) is 0 Å². The van der Waals surface area contributed by atoms with Crippen LogP contribution in [-0.4, -0.2) is 17.8 Å². The summed E-state index contributed by atoms with van der Waals surface area (Å²) in [6.07, 6.45) is 3.79. The molecule has 0 aliphatic carbocycles. The standard InChI is InChI=1S/C4H9S2/c1-6-4-2-3-5-6/h2-4H2,1H3/q+1. The Labute approximate surface area is 45.4 Å². The third kappa shape index (κ3) is 1.09. The van der Waals surface area contributed by atoms with Crippen LogP contribution in [0.1, 0.15) is 6.42 Å². The third-order valence-corrected chi connectivity index (χ3v) is 4.79. The lowest BCUT2D eigenvalue weighted by Gasteiger charge is -1.78. The smallest absolute Gasteiger partial charge is 0.00662 e. The van der Waals surface area contributed by atoms with Gasteiger partial charge in [0, 0.05) is 12.2 Å². The molecule has 1 fully saturated rings. The average Bonchev–Trinajstić information content (AvgIpc) is 1.86.